The van der Waals surface area contributed by atoms with Gasteiger partial charge in [-0.2, -0.15) is 0 Å². The standard InChI is InChI=1S/C9H13N.C3H6/c1-10-8-9-6-4-2-3-5-7-9;1-3-2/h2-6,10H,7-8H2,1H3;3H,1H2,2H3. The van der Waals surface area contributed by atoms with Crippen LogP contribution in [-0.4, -0.2) is 13.6 Å². The van der Waals surface area contributed by atoms with Crippen LogP contribution in [0.1, 0.15) is 13.3 Å². The number of likely N-dealkylation sites (N-methyl/N-ethyl adjacent to an activating group) is 1. The topological polar surface area (TPSA) is 12.0 Å². The third kappa shape index (κ3) is 7.29. The first-order valence-electron chi connectivity index (χ1n) is 4.58. The van der Waals surface area contributed by atoms with E-state index in [4.69, 9.17) is 0 Å². The van der Waals surface area contributed by atoms with Gasteiger partial charge in [0.25, 0.3) is 0 Å². The van der Waals surface area contributed by atoms with Crippen molar-refractivity contribution in [2.75, 3.05) is 13.6 Å². The Morgan fingerprint density at radius 1 is 1.46 bits per heavy atom. The summed E-state index contributed by atoms with van der Waals surface area (Å²) in [5.74, 6) is 0. The second-order valence-electron chi connectivity index (χ2n) is 2.78. The van der Waals surface area contributed by atoms with Crippen LogP contribution in [-0.2, 0) is 0 Å². The summed E-state index contributed by atoms with van der Waals surface area (Å²) >= 11 is 0. The average Bonchev–Trinajstić information content (AvgIpc) is 2.35. The van der Waals surface area contributed by atoms with Gasteiger partial charge < -0.3 is 5.32 Å². The van der Waals surface area contributed by atoms with Gasteiger partial charge in [-0.3, -0.25) is 0 Å². The van der Waals surface area contributed by atoms with Gasteiger partial charge in [0.2, 0.25) is 0 Å². The first-order valence-corrected chi connectivity index (χ1v) is 4.58. The van der Waals surface area contributed by atoms with Crippen molar-refractivity contribution in [1.29, 1.82) is 0 Å². The lowest BCUT2D eigenvalue weighted by molar-refractivity contribution is 0.862. The van der Waals surface area contributed by atoms with Crippen LogP contribution in [0.4, 0.5) is 0 Å². The molecule has 13 heavy (non-hydrogen) atoms. The molecule has 0 bridgehead atoms. The molecule has 0 aromatic carbocycles. The molecule has 72 valence electrons. The van der Waals surface area contributed by atoms with Crippen LogP contribution in [0.25, 0.3) is 0 Å². The van der Waals surface area contributed by atoms with Crippen molar-refractivity contribution in [2.24, 2.45) is 0 Å². The van der Waals surface area contributed by atoms with Gasteiger partial charge in [-0.1, -0.05) is 42.0 Å². The zero-order valence-electron chi connectivity index (χ0n) is 8.59. The molecule has 1 N–H and O–H groups in total. The fourth-order valence-corrected chi connectivity index (χ4v) is 0.980. The molecule has 1 nitrogen and oxygen atoms in total. The summed E-state index contributed by atoms with van der Waals surface area (Å²) in [6, 6.07) is 0. The summed E-state index contributed by atoms with van der Waals surface area (Å²) in [5, 5.41) is 3.13. The molecule has 0 radical (unpaired) electrons. The molecule has 0 saturated heterocycles. The first kappa shape index (κ1) is 11.9. The van der Waals surface area contributed by atoms with Crippen LogP contribution < -0.4 is 5.32 Å². The van der Waals surface area contributed by atoms with Crippen LogP contribution in [0.15, 0.2) is 48.6 Å². The van der Waals surface area contributed by atoms with Crippen LogP contribution in [0.5, 0.6) is 0 Å². The van der Waals surface area contributed by atoms with Crippen molar-refractivity contribution in [1.82, 2.24) is 5.32 Å². The monoisotopic (exact) mass is 177 g/mol. The highest BCUT2D eigenvalue weighted by molar-refractivity contribution is 5.23. The van der Waals surface area contributed by atoms with E-state index in [-0.39, 0.29) is 0 Å². The van der Waals surface area contributed by atoms with Crippen molar-refractivity contribution in [2.45, 2.75) is 13.3 Å². The predicted octanol–water partition coefficient (Wildman–Crippen LogP) is 2.84. The molecule has 0 saturated carbocycles. The van der Waals surface area contributed by atoms with E-state index >= 15 is 0 Å². The molecule has 0 atom stereocenters. The lowest BCUT2D eigenvalue weighted by atomic mass is 10.2. The van der Waals surface area contributed by atoms with Gasteiger partial charge in [-0.05, 0) is 20.4 Å². The van der Waals surface area contributed by atoms with Gasteiger partial charge in [0.1, 0.15) is 0 Å². The van der Waals surface area contributed by atoms with E-state index in [2.05, 4.69) is 42.3 Å². The van der Waals surface area contributed by atoms with E-state index in [1.165, 1.54) is 5.57 Å². The zero-order valence-corrected chi connectivity index (χ0v) is 8.59. The Hall–Kier alpha value is -1.08. The minimum absolute atomic E-state index is 0.995. The van der Waals surface area contributed by atoms with Crippen molar-refractivity contribution < 1.29 is 0 Å². The number of nitrogens with one attached hydrogen (secondary N) is 1. The molecule has 1 rings (SSSR count). The third-order valence-electron chi connectivity index (χ3n) is 1.47. The molecule has 1 aliphatic carbocycles. The lowest BCUT2D eigenvalue weighted by Crippen LogP contribution is -2.09. The van der Waals surface area contributed by atoms with E-state index in [1.54, 1.807) is 6.08 Å². The Morgan fingerprint density at radius 3 is 2.77 bits per heavy atom. The van der Waals surface area contributed by atoms with Crippen molar-refractivity contribution in [3.05, 3.63) is 48.6 Å². The van der Waals surface area contributed by atoms with Crippen LogP contribution in [0.3, 0.4) is 0 Å². The average molecular weight is 177 g/mol. The van der Waals surface area contributed by atoms with Gasteiger partial charge in [0.05, 0.1) is 0 Å². The van der Waals surface area contributed by atoms with Crippen molar-refractivity contribution in [3.63, 3.8) is 0 Å². The fraction of sp³-hybridized carbons (Fsp3) is 0.333. The maximum atomic E-state index is 3.36. The summed E-state index contributed by atoms with van der Waals surface area (Å²) in [7, 11) is 1.97. The molecule has 1 aliphatic rings. The lowest BCUT2D eigenvalue weighted by Gasteiger charge is -1.99. The number of hydrogen-bond donors (Lipinski definition) is 1. The van der Waals surface area contributed by atoms with Gasteiger partial charge in [-0.25, -0.2) is 0 Å². The number of rotatable bonds is 2. The molecule has 0 aliphatic heterocycles. The molecule has 0 aromatic rings. The fourth-order valence-electron chi connectivity index (χ4n) is 0.980. The molecule has 0 spiro atoms. The predicted molar refractivity (Wildman–Crippen MR) is 60.8 cm³/mol. The van der Waals surface area contributed by atoms with Gasteiger partial charge in [0, 0.05) is 6.54 Å². The first-order chi connectivity index (χ1) is 6.35. The summed E-state index contributed by atoms with van der Waals surface area (Å²) in [6.07, 6.45) is 13.4. The molecule has 0 unspecified atom stereocenters. The normalized spacial score (nSPS) is 13.8. The Bertz CT molecular complexity index is 209. The summed E-state index contributed by atoms with van der Waals surface area (Å²) in [4.78, 5) is 0. The third-order valence-corrected chi connectivity index (χ3v) is 1.47. The van der Waals surface area contributed by atoms with E-state index in [0.29, 0.717) is 0 Å². The van der Waals surface area contributed by atoms with Crippen molar-refractivity contribution in [3.8, 4) is 0 Å². The summed E-state index contributed by atoms with van der Waals surface area (Å²) in [6.45, 7) is 6.24. The second kappa shape index (κ2) is 9.01. The number of hydrogen-bond acceptors (Lipinski definition) is 1. The zero-order chi connectivity index (χ0) is 9.94. The Kier molecular flexibility index (Phi) is 8.26. The van der Waals surface area contributed by atoms with Crippen LogP contribution in [0, 0.1) is 0 Å². The summed E-state index contributed by atoms with van der Waals surface area (Å²) < 4.78 is 0. The van der Waals surface area contributed by atoms with Crippen molar-refractivity contribution >= 4 is 0 Å². The Morgan fingerprint density at radius 2 is 2.15 bits per heavy atom. The smallest absolute Gasteiger partial charge is 0.0167 e. The Balaban J connectivity index is 0.000000424. The number of allylic oxidation sites excluding steroid dienone is 6. The van der Waals surface area contributed by atoms with Gasteiger partial charge >= 0.3 is 0 Å². The summed E-state index contributed by atoms with van der Waals surface area (Å²) in [5.41, 5.74) is 1.44. The highest BCUT2D eigenvalue weighted by atomic mass is 14.8. The highest BCUT2D eigenvalue weighted by Gasteiger charge is 1.91. The largest absolute Gasteiger partial charge is 0.316 e. The van der Waals surface area contributed by atoms with Crippen LogP contribution >= 0.6 is 0 Å². The van der Waals surface area contributed by atoms with E-state index < -0.39 is 0 Å². The maximum Gasteiger partial charge on any atom is 0.0167 e. The SMILES string of the molecule is C=CC.CNCC1=CC=CC=CC1. The molecule has 0 aromatic heterocycles. The quantitative estimate of drug-likeness (QED) is 0.639. The molecule has 0 fully saturated rings. The molecule has 1 heteroatoms. The minimum atomic E-state index is 0.995. The maximum absolute atomic E-state index is 3.36. The minimum Gasteiger partial charge on any atom is -0.316 e. The van der Waals surface area contributed by atoms with E-state index in [9.17, 15) is 0 Å². The molecule has 0 amide bonds. The van der Waals surface area contributed by atoms with Gasteiger partial charge in [0.15, 0.2) is 0 Å². The molecular formula is C12H19N. The molecule has 0 heterocycles. The highest BCUT2D eigenvalue weighted by Crippen LogP contribution is 2.04. The molecular weight excluding hydrogens is 158 g/mol. The Labute approximate surface area is 81.5 Å². The van der Waals surface area contributed by atoms with E-state index in [1.807, 2.05) is 14.0 Å². The van der Waals surface area contributed by atoms with E-state index in [0.717, 1.165) is 13.0 Å². The van der Waals surface area contributed by atoms with Gasteiger partial charge in [-0.15, -0.1) is 6.58 Å². The van der Waals surface area contributed by atoms with Crippen LogP contribution in [0.2, 0.25) is 0 Å². The second-order valence-corrected chi connectivity index (χ2v) is 2.78.